The summed E-state index contributed by atoms with van der Waals surface area (Å²) >= 11 is 0. The van der Waals surface area contributed by atoms with E-state index in [0.717, 1.165) is 30.8 Å². The molecule has 1 aromatic carbocycles. The van der Waals surface area contributed by atoms with Gasteiger partial charge in [0.25, 0.3) is 0 Å². The second-order valence-corrected chi connectivity index (χ2v) is 6.11. The number of pyridine rings is 1. The van der Waals surface area contributed by atoms with E-state index in [1.807, 2.05) is 0 Å². The van der Waals surface area contributed by atoms with Crippen LogP contribution in [0.5, 0.6) is 11.5 Å². The van der Waals surface area contributed by atoms with Gasteiger partial charge < -0.3 is 19.4 Å². The third-order valence-corrected chi connectivity index (χ3v) is 4.22. The molecule has 0 amide bonds. The SMILES string of the molecule is CCOC(=O)c1c(-c2cc(O)c(O)c([N+](=O)[O-])c2)coc1-c1cnccc1C(F)(F)F. The van der Waals surface area contributed by atoms with Gasteiger partial charge in [0.1, 0.15) is 5.56 Å². The monoisotopic (exact) mass is 438 g/mol. The lowest BCUT2D eigenvalue weighted by atomic mass is 9.97. The van der Waals surface area contributed by atoms with Gasteiger partial charge in [-0.2, -0.15) is 13.2 Å². The first-order chi connectivity index (χ1) is 14.6. The Balaban J connectivity index is 2.31. The quantitative estimate of drug-likeness (QED) is 0.257. The summed E-state index contributed by atoms with van der Waals surface area (Å²) < 4.78 is 50.6. The zero-order valence-electron chi connectivity index (χ0n) is 15.6. The number of rotatable bonds is 5. The van der Waals surface area contributed by atoms with E-state index in [1.54, 1.807) is 0 Å². The molecule has 0 bridgehead atoms. The van der Waals surface area contributed by atoms with Crippen molar-refractivity contribution in [1.29, 1.82) is 0 Å². The molecule has 9 nitrogen and oxygen atoms in total. The van der Waals surface area contributed by atoms with Gasteiger partial charge in [-0.1, -0.05) is 0 Å². The number of alkyl halides is 3. The van der Waals surface area contributed by atoms with Crippen LogP contribution in [-0.2, 0) is 10.9 Å². The summed E-state index contributed by atoms with van der Waals surface area (Å²) in [5, 5.41) is 30.7. The molecule has 162 valence electrons. The molecule has 2 aromatic heterocycles. The van der Waals surface area contributed by atoms with E-state index in [9.17, 15) is 38.3 Å². The van der Waals surface area contributed by atoms with Crippen molar-refractivity contribution in [2.45, 2.75) is 13.1 Å². The molecule has 2 heterocycles. The Morgan fingerprint density at radius 3 is 2.61 bits per heavy atom. The average molecular weight is 438 g/mol. The van der Waals surface area contributed by atoms with Crippen molar-refractivity contribution >= 4 is 11.7 Å². The minimum atomic E-state index is -4.80. The topological polar surface area (TPSA) is 136 Å². The van der Waals surface area contributed by atoms with Crippen molar-refractivity contribution in [3.63, 3.8) is 0 Å². The van der Waals surface area contributed by atoms with Gasteiger partial charge >= 0.3 is 17.8 Å². The Morgan fingerprint density at radius 1 is 1.29 bits per heavy atom. The van der Waals surface area contributed by atoms with Crippen LogP contribution in [-0.4, -0.2) is 32.7 Å². The molecule has 0 aliphatic carbocycles. The summed E-state index contributed by atoms with van der Waals surface area (Å²) in [6, 6.07) is 2.43. The first-order valence-corrected chi connectivity index (χ1v) is 8.57. The zero-order chi connectivity index (χ0) is 22.9. The minimum absolute atomic E-state index is 0.122. The minimum Gasteiger partial charge on any atom is -0.504 e. The van der Waals surface area contributed by atoms with Gasteiger partial charge in [-0.25, -0.2) is 4.79 Å². The highest BCUT2D eigenvalue weighted by atomic mass is 19.4. The van der Waals surface area contributed by atoms with Gasteiger partial charge in [-0.15, -0.1) is 0 Å². The van der Waals surface area contributed by atoms with E-state index < -0.39 is 56.7 Å². The summed E-state index contributed by atoms with van der Waals surface area (Å²) in [5.41, 5.74) is -3.39. The van der Waals surface area contributed by atoms with E-state index in [4.69, 9.17) is 9.15 Å². The number of hydrogen-bond donors (Lipinski definition) is 2. The van der Waals surface area contributed by atoms with Crippen LogP contribution in [0.3, 0.4) is 0 Å². The third kappa shape index (κ3) is 3.99. The summed E-state index contributed by atoms with van der Waals surface area (Å²) in [6.45, 7) is 1.35. The molecule has 0 aliphatic rings. The molecule has 0 saturated heterocycles. The number of nitrogens with zero attached hydrogens (tertiary/aromatic N) is 2. The molecular formula is C19H13F3N2O7. The maximum absolute atomic E-state index is 13.5. The van der Waals surface area contributed by atoms with Crippen LogP contribution < -0.4 is 0 Å². The Bertz CT molecular complexity index is 1170. The number of aromatic nitrogens is 1. The van der Waals surface area contributed by atoms with E-state index in [0.29, 0.717) is 6.07 Å². The fourth-order valence-corrected chi connectivity index (χ4v) is 2.90. The van der Waals surface area contributed by atoms with Crippen LogP contribution >= 0.6 is 0 Å². The lowest BCUT2D eigenvalue weighted by molar-refractivity contribution is -0.385. The number of hydrogen-bond acceptors (Lipinski definition) is 8. The Hall–Kier alpha value is -4.09. The number of phenolic OH excluding ortho intramolecular Hbond substituents is 2. The van der Waals surface area contributed by atoms with Crippen LogP contribution in [0, 0.1) is 10.1 Å². The molecule has 2 N–H and O–H groups in total. The normalized spacial score (nSPS) is 11.4. The Morgan fingerprint density at radius 2 is 2.00 bits per heavy atom. The fraction of sp³-hybridized carbons (Fsp3) is 0.158. The summed E-state index contributed by atoms with van der Waals surface area (Å²) in [6.07, 6.45) is -2.14. The van der Waals surface area contributed by atoms with Gasteiger partial charge in [0.2, 0.25) is 5.75 Å². The second-order valence-electron chi connectivity index (χ2n) is 6.11. The van der Waals surface area contributed by atoms with Crippen LogP contribution in [0.15, 0.2) is 41.3 Å². The van der Waals surface area contributed by atoms with E-state index in [2.05, 4.69) is 4.98 Å². The van der Waals surface area contributed by atoms with E-state index >= 15 is 0 Å². The number of esters is 1. The molecule has 31 heavy (non-hydrogen) atoms. The first kappa shape index (κ1) is 21.6. The van der Waals surface area contributed by atoms with Gasteiger partial charge in [0, 0.05) is 29.6 Å². The van der Waals surface area contributed by atoms with E-state index in [1.165, 1.54) is 6.92 Å². The highest BCUT2D eigenvalue weighted by Gasteiger charge is 2.37. The summed E-state index contributed by atoms with van der Waals surface area (Å²) in [7, 11) is 0. The van der Waals surface area contributed by atoms with Crippen LogP contribution in [0.1, 0.15) is 22.8 Å². The number of nitro benzene ring substituents is 1. The molecule has 0 atom stereocenters. The molecule has 12 heteroatoms. The fourth-order valence-electron chi connectivity index (χ4n) is 2.90. The number of halogens is 3. The number of aromatic hydroxyl groups is 2. The van der Waals surface area contributed by atoms with Crippen molar-refractivity contribution in [2.75, 3.05) is 6.61 Å². The molecule has 0 fully saturated rings. The van der Waals surface area contributed by atoms with Gasteiger partial charge in [0.15, 0.2) is 11.5 Å². The van der Waals surface area contributed by atoms with Crippen LogP contribution in [0.25, 0.3) is 22.5 Å². The maximum Gasteiger partial charge on any atom is 0.417 e. The molecule has 0 unspecified atom stereocenters. The predicted octanol–water partition coefficient (Wildman–Crippen LogP) is 4.52. The van der Waals surface area contributed by atoms with Crippen molar-refractivity contribution in [2.24, 2.45) is 0 Å². The van der Waals surface area contributed by atoms with Crippen molar-refractivity contribution in [3.8, 4) is 33.9 Å². The second kappa shape index (κ2) is 7.97. The Labute approximate surface area is 171 Å². The molecule has 0 radical (unpaired) electrons. The number of carbonyl (C=O) groups is 1. The number of ether oxygens (including phenoxy) is 1. The standard InChI is InChI=1S/C19H13F3N2O7/c1-2-30-18(27)15-11(9-5-13(24(28)29)16(26)14(25)6-9)8-31-17(15)10-7-23-4-3-12(10)19(20,21)22/h3-8,25-26H,2H2,1H3. The molecule has 3 aromatic rings. The van der Waals surface area contributed by atoms with Gasteiger partial charge in [-0.3, -0.25) is 15.1 Å². The van der Waals surface area contributed by atoms with Crippen molar-refractivity contribution in [3.05, 3.63) is 58.1 Å². The highest BCUT2D eigenvalue weighted by molar-refractivity contribution is 6.03. The molecule has 0 saturated carbocycles. The molecular weight excluding hydrogens is 425 g/mol. The largest absolute Gasteiger partial charge is 0.504 e. The summed E-state index contributed by atoms with van der Waals surface area (Å²) in [4.78, 5) is 26.4. The lowest BCUT2D eigenvalue weighted by Crippen LogP contribution is -2.10. The summed E-state index contributed by atoms with van der Waals surface area (Å²) in [5.74, 6) is -3.47. The van der Waals surface area contributed by atoms with Gasteiger partial charge in [-0.05, 0) is 24.6 Å². The maximum atomic E-state index is 13.5. The number of carbonyl (C=O) groups excluding carboxylic acids is 1. The average Bonchev–Trinajstić information content (AvgIpc) is 3.14. The number of phenols is 2. The third-order valence-electron chi connectivity index (χ3n) is 4.22. The number of benzene rings is 1. The smallest absolute Gasteiger partial charge is 0.417 e. The first-order valence-electron chi connectivity index (χ1n) is 8.57. The van der Waals surface area contributed by atoms with E-state index in [-0.39, 0.29) is 17.7 Å². The predicted molar refractivity (Wildman–Crippen MR) is 98.3 cm³/mol. The lowest BCUT2D eigenvalue weighted by Gasteiger charge is -2.12. The van der Waals surface area contributed by atoms with Gasteiger partial charge in [0.05, 0.1) is 23.4 Å². The highest BCUT2D eigenvalue weighted by Crippen LogP contribution is 2.44. The van der Waals surface area contributed by atoms with Crippen molar-refractivity contribution < 1.29 is 42.3 Å². The Kier molecular flexibility index (Phi) is 5.56. The molecule has 3 rings (SSSR count). The molecule has 0 spiro atoms. The van der Waals surface area contributed by atoms with Crippen molar-refractivity contribution in [1.82, 2.24) is 4.98 Å². The van der Waals surface area contributed by atoms with Crippen LogP contribution in [0.2, 0.25) is 0 Å². The zero-order valence-corrected chi connectivity index (χ0v) is 15.6. The number of nitro groups is 1. The van der Waals surface area contributed by atoms with Crippen LogP contribution in [0.4, 0.5) is 18.9 Å². The molecule has 0 aliphatic heterocycles. The number of furan rings is 1.